The molecule has 0 bridgehead atoms. The molecule has 18 heavy (non-hydrogen) atoms. The number of hydrogen-bond acceptors (Lipinski definition) is 4. The van der Waals surface area contributed by atoms with Crippen molar-refractivity contribution in [3.05, 3.63) is 15.6 Å². The van der Waals surface area contributed by atoms with E-state index in [1.807, 2.05) is 11.3 Å². The summed E-state index contributed by atoms with van der Waals surface area (Å²) in [6.07, 6.45) is 5.32. The normalized spacial score (nSPS) is 22.1. The average Bonchev–Trinajstić information content (AvgIpc) is 2.67. The van der Waals surface area contributed by atoms with E-state index in [4.69, 9.17) is 4.98 Å². The number of nitrogens with zero attached hydrogens (tertiary/aromatic N) is 2. The molecule has 0 amide bonds. The van der Waals surface area contributed by atoms with E-state index in [1.165, 1.54) is 60.9 Å². The molecule has 0 radical (unpaired) electrons. The van der Waals surface area contributed by atoms with Gasteiger partial charge in [-0.05, 0) is 26.2 Å². The van der Waals surface area contributed by atoms with Crippen LogP contribution < -0.4 is 5.32 Å². The van der Waals surface area contributed by atoms with Gasteiger partial charge in [-0.25, -0.2) is 4.98 Å². The third kappa shape index (κ3) is 2.76. The summed E-state index contributed by atoms with van der Waals surface area (Å²) < 4.78 is 0. The van der Waals surface area contributed by atoms with Crippen LogP contribution >= 0.6 is 11.3 Å². The minimum Gasteiger partial charge on any atom is -0.314 e. The van der Waals surface area contributed by atoms with Crippen LogP contribution in [0.15, 0.2) is 0 Å². The quantitative estimate of drug-likeness (QED) is 0.904. The Hall–Kier alpha value is -0.450. The van der Waals surface area contributed by atoms with Gasteiger partial charge in [-0.3, -0.25) is 0 Å². The molecule has 0 unspecified atom stereocenters. The van der Waals surface area contributed by atoms with Crippen molar-refractivity contribution in [2.24, 2.45) is 0 Å². The molecule has 1 aliphatic carbocycles. The fourth-order valence-corrected chi connectivity index (χ4v) is 3.93. The van der Waals surface area contributed by atoms with Crippen molar-refractivity contribution in [1.29, 1.82) is 0 Å². The molecule has 1 saturated carbocycles. The lowest BCUT2D eigenvalue weighted by Gasteiger charge is -2.26. The van der Waals surface area contributed by atoms with Crippen LogP contribution in [0.3, 0.4) is 0 Å². The Balaban J connectivity index is 1.56. The average molecular weight is 265 g/mol. The number of rotatable bonds is 4. The highest BCUT2D eigenvalue weighted by molar-refractivity contribution is 7.11. The van der Waals surface area contributed by atoms with E-state index in [-0.39, 0.29) is 0 Å². The highest BCUT2D eigenvalue weighted by atomic mass is 32.1. The third-order valence-corrected chi connectivity index (χ3v) is 5.61. The van der Waals surface area contributed by atoms with Gasteiger partial charge in [0.2, 0.25) is 0 Å². The lowest BCUT2D eigenvalue weighted by atomic mass is 9.86. The number of nitrogens with one attached hydrogen (secondary N) is 1. The third-order valence-electron chi connectivity index (χ3n) is 4.23. The zero-order valence-electron chi connectivity index (χ0n) is 11.2. The Morgan fingerprint density at radius 2 is 2.11 bits per heavy atom. The summed E-state index contributed by atoms with van der Waals surface area (Å²) in [5.41, 5.74) is 1.29. The van der Waals surface area contributed by atoms with Gasteiger partial charge in [0.25, 0.3) is 0 Å². The van der Waals surface area contributed by atoms with Crippen LogP contribution in [-0.4, -0.2) is 42.6 Å². The van der Waals surface area contributed by atoms with Gasteiger partial charge < -0.3 is 10.2 Å². The molecule has 1 aromatic heterocycles. The number of piperazine rings is 1. The summed E-state index contributed by atoms with van der Waals surface area (Å²) in [6, 6.07) is 0. The Kier molecular flexibility index (Phi) is 3.97. The highest BCUT2D eigenvalue weighted by Crippen LogP contribution is 2.39. The van der Waals surface area contributed by atoms with Gasteiger partial charge in [0.15, 0.2) is 0 Å². The van der Waals surface area contributed by atoms with Crippen molar-refractivity contribution >= 4 is 11.3 Å². The van der Waals surface area contributed by atoms with Gasteiger partial charge in [-0.2, -0.15) is 0 Å². The zero-order chi connectivity index (χ0) is 12.4. The lowest BCUT2D eigenvalue weighted by Crippen LogP contribution is -2.44. The van der Waals surface area contributed by atoms with E-state index in [0.29, 0.717) is 0 Å². The van der Waals surface area contributed by atoms with Gasteiger partial charge >= 0.3 is 0 Å². The van der Waals surface area contributed by atoms with E-state index < -0.39 is 0 Å². The van der Waals surface area contributed by atoms with E-state index in [0.717, 1.165) is 19.0 Å². The molecular weight excluding hydrogens is 242 g/mol. The van der Waals surface area contributed by atoms with E-state index in [1.54, 1.807) is 0 Å². The fraction of sp³-hybridized carbons (Fsp3) is 0.786. The number of aromatic nitrogens is 1. The zero-order valence-corrected chi connectivity index (χ0v) is 12.1. The second kappa shape index (κ2) is 5.68. The lowest BCUT2D eigenvalue weighted by molar-refractivity contribution is 0.244. The summed E-state index contributed by atoms with van der Waals surface area (Å²) >= 11 is 1.98. The van der Waals surface area contributed by atoms with Crippen LogP contribution in [0.5, 0.6) is 0 Å². The molecule has 100 valence electrons. The molecule has 2 fully saturated rings. The van der Waals surface area contributed by atoms with Crippen molar-refractivity contribution in [1.82, 2.24) is 15.2 Å². The van der Waals surface area contributed by atoms with Gasteiger partial charge in [-0.1, -0.05) is 6.42 Å². The first kappa shape index (κ1) is 12.6. The maximum Gasteiger partial charge on any atom is 0.0961 e. The minimum atomic E-state index is 0.793. The molecule has 3 nitrogen and oxygen atoms in total. The SMILES string of the molecule is Cc1nc(C2CCC2)sc1CCN1CCNCC1. The predicted octanol–water partition coefficient (Wildman–Crippen LogP) is 2.17. The molecule has 3 rings (SSSR count). The Morgan fingerprint density at radius 1 is 1.33 bits per heavy atom. The van der Waals surface area contributed by atoms with Crippen LogP contribution in [0.4, 0.5) is 0 Å². The first-order valence-electron chi connectivity index (χ1n) is 7.22. The van der Waals surface area contributed by atoms with Crippen LogP contribution in [-0.2, 0) is 6.42 Å². The minimum absolute atomic E-state index is 0.793. The maximum absolute atomic E-state index is 4.78. The number of thiazole rings is 1. The molecule has 2 aliphatic rings. The van der Waals surface area contributed by atoms with Gasteiger partial charge in [0.05, 0.1) is 10.7 Å². The molecule has 1 saturated heterocycles. The standard InChI is InChI=1S/C14H23N3S/c1-11-13(5-8-17-9-6-15-7-10-17)18-14(16-11)12-3-2-4-12/h12,15H,2-10H2,1H3. The summed E-state index contributed by atoms with van der Waals surface area (Å²) in [5.74, 6) is 0.793. The molecule has 1 aliphatic heterocycles. The van der Waals surface area contributed by atoms with E-state index in [2.05, 4.69) is 17.1 Å². The molecule has 0 atom stereocenters. The second-order valence-corrected chi connectivity index (χ2v) is 6.65. The molecule has 4 heteroatoms. The van der Waals surface area contributed by atoms with Gasteiger partial charge in [0.1, 0.15) is 0 Å². The van der Waals surface area contributed by atoms with Crippen LogP contribution in [0.1, 0.15) is 40.8 Å². The van der Waals surface area contributed by atoms with Crippen LogP contribution in [0.2, 0.25) is 0 Å². The summed E-state index contributed by atoms with van der Waals surface area (Å²) in [4.78, 5) is 8.88. The number of aryl methyl sites for hydroxylation is 1. The van der Waals surface area contributed by atoms with Crippen LogP contribution in [0.25, 0.3) is 0 Å². The molecule has 0 aromatic carbocycles. The molecule has 1 aromatic rings. The van der Waals surface area contributed by atoms with Crippen molar-refractivity contribution in [3.8, 4) is 0 Å². The van der Waals surface area contributed by atoms with Gasteiger partial charge in [0, 0.05) is 43.5 Å². The maximum atomic E-state index is 4.78. The molecule has 1 N–H and O–H groups in total. The van der Waals surface area contributed by atoms with Crippen molar-refractivity contribution in [3.63, 3.8) is 0 Å². The Bertz CT molecular complexity index is 392. The van der Waals surface area contributed by atoms with Crippen molar-refractivity contribution < 1.29 is 0 Å². The van der Waals surface area contributed by atoms with E-state index >= 15 is 0 Å². The highest BCUT2D eigenvalue weighted by Gasteiger charge is 2.23. The molecular formula is C14H23N3S. The van der Waals surface area contributed by atoms with Crippen molar-refractivity contribution in [2.45, 2.75) is 38.5 Å². The van der Waals surface area contributed by atoms with E-state index in [9.17, 15) is 0 Å². The molecule has 0 spiro atoms. The largest absolute Gasteiger partial charge is 0.314 e. The fourth-order valence-electron chi connectivity index (χ4n) is 2.71. The topological polar surface area (TPSA) is 28.2 Å². The second-order valence-electron chi connectivity index (χ2n) is 5.53. The predicted molar refractivity (Wildman–Crippen MR) is 76.5 cm³/mol. The Labute approximate surface area is 114 Å². The summed E-state index contributed by atoms with van der Waals surface area (Å²) in [6.45, 7) is 8.09. The Morgan fingerprint density at radius 3 is 2.78 bits per heavy atom. The number of hydrogen-bond donors (Lipinski definition) is 1. The monoisotopic (exact) mass is 265 g/mol. The summed E-state index contributed by atoms with van der Waals surface area (Å²) in [5, 5.41) is 4.82. The van der Waals surface area contributed by atoms with Crippen LogP contribution in [0, 0.1) is 6.92 Å². The van der Waals surface area contributed by atoms with Crippen molar-refractivity contribution in [2.75, 3.05) is 32.7 Å². The smallest absolute Gasteiger partial charge is 0.0961 e. The summed E-state index contributed by atoms with van der Waals surface area (Å²) in [7, 11) is 0. The van der Waals surface area contributed by atoms with Gasteiger partial charge in [-0.15, -0.1) is 11.3 Å². The first-order chi connectivity index (χ1) is 8.83. The first-order valence-corrected chi connectivity index (χ1v) is 8.04. The molecule has 2 heterocycles.